The lowest BCUT2D eigenvalue weighted by Gasteiger charge is -2.03. The smallest absolute Gasteiger partial charge is 0.299 e. The van der Waals surface area contributed by atoms with Gasteiger partial charge in [0.05, 0.1) is 11.9 Å². The van der Waals surface area contributed by atoms with Crippen molar-refractivity contribution in [1.82, 2.24) is 4.98 Å². The summed E-state index contributed by atoms with van der Waals surface area (Å²) < 4.78 is 31.9. The highest BCUT2D eigenvalue weighted by Crippen LogP contribution is 2.25. The predicted molar refractivity (Wildman–Crippen MR) is 76.3 cm³/mol. The summed E-state index contributed by atoms with van der Waals surface area (Å²) >= 11 is 0. The van der Waals surface area contributed by atoms with Crippen molar-refractivity contribution in [2.24, 2.45) is 0 Å². The number of nitrogens with zero attached hydrogens (tertiary/aromatic N) is 1. The molecule has 0 saturated carbocycles. The number of benzene rings is 2. The highest BCUT2D eigenvalue weighted by molar-refractivity contribution is 5.60. The zero-order chi connectivity index (χ0) is 14.8. The topological polar surface area (TPSA) is 38.1 Å². The third-order valence-electron chi connectivity index (χ3n) is 3.01. The third kappa shape index (κ3) is 2.91. The van der Waals surface area contributed by atoms with Gasteiger partial charge in [0.15, 0.2) is 5.76 Å². The SMILES string of the molecule is Cc1ccc(-c2cnc(Nc3ccc(F)cc3F)o2)cc1. The zero-order valence-electron chi connectivity index (χ0n) is 11.2. The predicted octanol–water partition coefficient (Wildman–Crippen LogP) is 4.67. The Labute approximate surface area is 120 Å². The maximum atomic E-state index is 13.5. The molecule has 0 aliphatic heterocycles. The molecule has 0 aliphatic carbocycles. The Hall–Kier alpha value is -2.69. The maximum Gasteiger partial charge on any atom is 0.299 e. The molecule has 1 heterocycles. The van der Waals surface area contributed by atoms with Crippen LogP contribution in [0.1, 0.15) is 5.56 Å². The molecule has 0 bridgehead atoms. The molecule has 3 aromatic rings. The van der Waals surface area contributed by atoms with E-state index in [1.165, 1.54) is 6.07 Å². The van der Waals surface area contributed by atoms with Crippen molar-refractivity contribution in [3.8, 4) is 11.3 Å². The highest BCUT2D eigenvalue weighted by atomic mass is 19.1. The molecule has 0 unspecified atom stereocenters. The Kier molecular flexibility index (Phi) is 3.39. The summed E-state index contributed by atoms with van der Waals surface area (Å²) in [4.78, 5) is 4.04. The lowest BCUT2D eigenvalue weighted by Crippen LogP contribution is -1.94. The molecular formula is C16H12F2N2O. The summed E-state index contributed by atoms with van der Waals surface area (Å²) in [5.74, 6) is -0.768. The Bertz CT molecular complexity index is 766. The van der Waals surface area contributed by atoms with Crippen LogP contribution >= 0.6 is 0 Å². The Morgan fingerprint density at radius 1 is 1.05 bits per heavy atom. The van der Waals surface area contributed by atoms with Gasteiger partial charge in [-0.1, -0.05) is 29.8 Å². The minimum Gasteiger partial charge on any atom is -0.423 e. The van der Waals surface area contributed by atoms with Gasteiger partial charge in [-0.05, 0) is 19.1 Å². The number of hydrogen-bond acceptors (Lipinski definition) is 3. The fourth-order valence-electron chi connectivity index (χ4n) is 1.89. The van der Waals surface area contributed by atoms with E-state index in [-0.39, 0.29) is 11.7 Å². The van der Waals surface area contributed by atoms with E-state index in [1.807, 2.05) is 31.2 Å². The van der Waals surface area contributed by atoms with E-state index < -0.39 is 11.6 Å². The molecule has 0 spiro atoms. The average Bonchev–Trinajstić information content (AvgIpc) is 2.91. The van der Waals surface area contributed by atoms with Crippen LogP contribution in [0.2, 0.25) is 0 Å². The van der Waals surface area contributed by atoms with Gasteiger partial charge < -0.3 is 9.73 Å². The minimum atomic E-state index is -0.704. The second kappa shape index (κ2) is 5.36. The fourth-order valence-corrected chi connectivity index (χ4v) is 1.89. The molecule has 2 aromatic carbocycles. The van der Waals surface area contributed by atoms with E-state index in [2.05, 4.69) is 10.3 Å². The van der Waals surface area contributed by atoms with Crippen molar-refractivity contribution >= 4 is 11.7 Å². The van der Waals surface area contributed by atoms with Crippen LogP contribution in [0, 0.1) is 18.6 Å². The molecule has 3 nitrogen and oxygen atoms in total. The first-order valence-electron chi connectivity index (χ1n) is 6.37. The zero-order valence-corrected chi connectivity index (χ0v) is 11.2. The van der Waals surface area contributed by atoms with Crippen molar-refractivity contribution in [3.63, 3.8) is 0 Å². The first-order chi connectivity index (χ1) is 10.1. The van der Waals surface area contributed by atoms with Crippen molar-refractivity contribution in [2.45, 2.75) is 6.92 Å². The van der Waals surface area contributed by atoms with Crippen LogP contribution < -0.4 is 5.32 Å². The Balaban J connectivity index is 1.83. The summed E-state index contributed by atoms with van der Waals surface area (Å²) in [5, 5.41) is 2.68. The van der Waals surface area contributed by atoms with Crippen molar-refractivity contribution in [3.05, 3.63) is 65.9 Å². The van der Waals surface area contributed by atoms with Gasteiger partial charge >= 0.3 is 0 Å². The molecule has 1 aromatic heterocycles. The van der Waals surface area contributed by atoms with E-state index in [9.17, 15) is 8.78 Å². The molecule has 1 N–H and O–H groups in total. The van der Waals surface area contributed by atoms with Crippen molar-refractivity contribution in [1.29, 1.82) is 0 Å². The number of nitrogens with one attached hydrogen (secondary N) is 1. The Morgan fingerprint density at radius 3 is 2.52 bits per heavy atom. The van der Waals surface area contributed by atoms with Gasteiger partial charge in [-0.25, -0.2) is 13.8 Å². The third-order valence-corrected chi connectivity index (χ3v) is 3.01. The fraction of sp³-hybridized carbons (Fsp3) is 0.0625. The molecule has 5 heteroatoms. The summed E-state index contributed by atoms with van der Waals surface area (Å²) in [7, 11) is 0. The number of anilines is 2. The molecule has 0 amide bonds. The van der Waals surface area contributed by atoms with Gasteiger partial charge in [-0.15, -0.1) is 0 Å². The standard InChI is InChI=1S/C16H12F2N2O/c1-10-2-4-11(5-3-10)15-9-19-16(21-15)20-14-7-6-12(17)8-13(14)18/h2-9H,1H3,(H,19,20). The van der Waals surface area contributed by atoms with E-state index >= 15 is 0 Å². The normalized spacial score (nSPS) is 10.6. The first-order valence-corrected chi connectivity index (χ1v) is 6.37. The van der Waals surface area contributed by atoms with E-state index in [0.717, 1.165) is 23.3 Å². The summed E-state index contributed by atoms with van der Waals surface area (Å²) in [6, 6.07) is 11.2. The monoisotopic (exact) mass is 286 g/mol. The van der Waals surface area contributed by atoms with E-state index in [1.54, 1.807) is 6.20 Å². The van der Waals surface area contributed by atoms with Crippen LogP contribution in [-0.2, 0) is 0 Å². The van der Waals surface area contributed by atoms with E-state index in [0.29, 0.717) is 5.76 Å². The van der Waals surface area contributed by atoms with Gasteiger partial charge in [0, 0.05) is 11.6 Å². The number of aromatic nitrogens is 1. The molecule has 0 saturated heterocycles. The summed E-state index contributed by atoms with van der Waals surface area (Å²) in [6.45, 7) is 1.99. The van der Waals surface area contributed by atoms with Crippen LogP contribution in [0.15, 0.2) is 53.1 Å². The highest BCUT2D eigenvalue weighted by Gasteiger charge is 2.09. The number of halogens is 2. The van der Waals surface area contributed by atoms with Crippen LogP contribution in [-0.4, -0.2) is 4.98 Å². The first kappa shape index (κ1) is 13.3. The molecule has 106 valence electrons. The van der Waals surface area contributed by atoms with Crippen molar-refractivity contribution in [2.75, 3.05) is 5.32 Å². The van der Waals surface area contributed by atoms with E-state index in [4.69, 9.17) is 4.42 Å². The second-order valence-electron chi connectivity index (χ2n) is 4.64. The van der Waals surface area contributed by atoms with Crippen LogP contribution in [0.25, 0.3) is 11.3 Å². The van der Waals surface area contributed by atoms with Gasteiger partial charge in [0.25, 0.3) is 6.01 Å². The van der Waals surface area contributed by atoms with Crippen LogP contribution in [0.5, 0.6) is 0 Å². The molecule has 0 atom stereocenters. The second-order valence-corrected chi connectivity index (χ2v) is 4.64. The molecule has 21 heavy (non-hydrogen) atoms. The maximum absolute atomic E-state index is 13.5. The molecular weight excluding hydrogens is 274 g/mol. The van der Waals surface area contributed by atoms with Gasteiger partial charge in [0.1, 0.15) is 11.6 Å². The molecule has 0 aliphatic rings. The van der Waals surface area contributed by atoms with Gasteiger partial charge in [-0.2, -0.15) is 0 Å². The van der Waals surface area contributed by atoms with Crippen molar-refractivity contribution < 1.29 is 13.2 Å². The molecule has 0 fully saturated rings. The number of hydrogen-bond donors (Lipinski definition) is 1. The molecule has 3 rings (SSSR count). The lowest BCUT2D eigenvalue weighted by molar-refractivity contribution is 0.576. The van der Waals surface area contributed by atoms with Gasteiger partial charge in [0.2, 0.25) is 0 Å². The van der Waals surface area contributed by atoms with Gasteiger partial charge in [-0.3, -0.25) is 0 Å². The summed E-state index contributed by atoms with van der Waals surface area (Å²) in [6.07, 6.45) is 1.55. The Morgan fingerprint density at radius 2 is 1.81 bits per heavy atom. The summed E-state index contributed by atoms with van der Waals surface area (Å²) in [5.41, 5.74) is 2.12. The van der Waals surface area contributed by atoms with Crippen LogP contribution in [0.4, 0.5) is 20.5 Å². The number of aryl methyl sites for hydroxylation is 1. The van der Waals surface area contributed by atoms with Crippen LogP contribution in [0.3, 0.4) is 0 Å². The number of oxazole rings is 1. The number of rotatable bonds is 3. The lowest BCUT2D eigenvalue weighted by atomic mass is 10.1. The quantitative estimate of drug-likeness (QED) is 0.760. The molecule has 0 radical (unpaired) electrons. The average molecular weight is 286 g/mol. The largest absolute Gasteiger partial charge is 0.423 e. The minimum absolute atomic E-state index is 0.105.